The second-order valence-electron chi connectivity index (χ2n) is 5.00. The second-order valence-corrected chi connectivity index (χ2v) is 6.13. The van der Waals surface area contributed by atoms with Crippen molar-refractivity contribution in [1.82, 2.24) is 15.0 Å². The van der Waals surface area contributed by atoms with Crippen LogP contribution in [0.5, 0.6) is 0 Å². The van der Waals surface area contributed by atoms with E-state index in [9.17, 15) is 4.79 Å². The van der Waals surface area contributed by atoms with E-state index >= 15 is 0 Å². The lowest BCUT2D eigenvalue weighted by molar-refractivity contribution is 0.100. The number of carbonyl (C=O) groups excluding carboxylic acids is 1. The zero-order valence-corrected chi connectivity index (χ0v) is 14.8. The average molecular weight is 372 g/mol. The first-order chi connectivity index (χ1) is 12.1. The number of benzene rings is 1. The number of primary amides is 1. The van der Waals surface area contributed by atoms with E-state index in [1.54, 1.807) is 12.4 Å². The molecule has 3 aromatic rings. The van der Waals surface area contributed by atoms with Gasteiger partial charge in [0, 0.05) is 11.8 Å². The normalized spacial score (nSPS) is 10.5. The number of rotatable bonds is 5. The first-order valence-corrected chi connectivity index (χ1v) is 8.88. The number of hydrogen-bond donors (Lipinski definition) is 2. The van der Waals surface area contributed by atoms with Gasteiger partial charge in [0.15, 0.2) is 5.16 Å². The van der Waals surface area contributed by atoms with Crippen LogP contribution in [0.3, 0.4) is 0 Å². The molecule has 0 aliphatic rings. The van der Waals surface area contributed by atoms with Crippen LogP contribution in [0.2, 0.25) is 5.15 Å². The molecular formula is C17H14ClN5OS. The maximum absolute atomic E-state index is 11.8. The lowest BCUT2D eigenvalue weighted by Gasteiger charge is -2.14. The minimum absolute atomic E-state index is 0.0134. The van der Waals surface area contributed by atoms with E-state index in [1.807, 2.05) is 42.7 Å². The summed E-state index contributed by atoms with van der Waals surface area (Å²) in [4.78, 5) is 24.3. The third kappa shape index (κ3) is 3.72. The lowest BCUT2D eigenvalue weighted by Crippen LogP contribution is -2.16. The van der Waals surface area contributed by atoms with Crippen LogP contribution in [0, 0.1) is 0 Å². The Kier molecular flexibility index (Phi) is 5.16. The summed E-state index contributed by atoms with van der Waals surface area (Å²) in [6, 6.07) is 11.7. The van der Waals surface area contributed by atoms with Gasteiger partial charge in [-0.1, -0.05) is 53.7 Å². The average Bonchev–Trinajstić information content (AvgIpc) is 2.62. The number of halogens is 1. The van der Waals surface area contributed by atoms with Crippen molar-refractivity contribution in [2.45, 2.75) is 5.16 Å². The molecular weight excluding hydrogens is 358 g/mol. The van der Waals surface area contributed by atoms with Crippen LogP contribution in [-0.2, 0) is 0 Å². The van der Waals surface area contributed by atoms with E-state index < -0.39 is 5.91 Å². The van der Waals surface area contributed by atoms with Crippen molar-refractivity contribution in [3.8, 4) is 11.1 Å². The molecule has 1 amide bonds. The van der Waals surface area contributed by atoms with Crippen LogP contribution in [0.4, 0.5) is 11.5 Å². The monoisotopic (exact) mass is 371 g/mol. The van der Waals surface area contributed by atoms with Crippen LogP contribution in [-0.4, -0.2) is 27.1 Å². The first-order valence-electron chi connectivity index (χ1n) is 7.28. The molecule has 0 aliphatic carbocycles. The SMILES string of the molecule is CSc1nc(Cl)c(C(N)=O)c(Nc2cnccc2-c2ccccc2)n1. The summed E-state index contributed by atoms with van der Waals surface area (Å²) in [7, 11) is 0. The minimum atomic E-state index is -0.703. The van der Waals surface area contributed by atoms with E-state index in [2.05, 4.69) is 20.3 Å². The molecule has 0 saturated carbocycles. The highest BCUT2D eigenvalue weighted by Crippen LogP contribution is 2.32. The van der Waals surface area contributed by atoms with Gasteiger partial charge in [0.2, 0.25) is 0 Å². The number of nitrogens with zero attached hydrogens (tertiary/aromatic N) is 3. The van der Waals surface area contributed by atoms with Crippen molar-refractivity contribution >= 4 is 40.8 Å². The molecule has 0 spiro atoms. The predicted octanol–water partition coefficient (Wildman–Crippen LogP) is 3.76. The van der Waals surface area contributed by atoms with Gasteiger partial charge in [-0.2, -0.15) is 0 Å². The molecule has 0 fully saturated rings. The van der Waals surface area contributed by atoms with Gasteiger partial charge in [-0.3, -0.25) is 9.78 Å². The second kappa shape index (κ2) is 7.50. The highest BCUT2D eigenvalue weighted by atomic mass is 35.5. The lowest BCUT2D eigenvalue weighted by atomic mass is 10.1. The molecule has 3 N–H and O–H groups in total. The van der Waals surface area contributed by atoms with Crippen LogP contribution < -0.4 is 11.1 Å². The molecule has 8 heteroatoms. The van der Waals surface area contributed by atoms with Gasteiger partial charge in [0.1, 0.15) is 16.5 Å². The highest BCUT2D eigenvalue weighted by molar-refractivity contribution is 7.98. The molecule has 0 radical (unpaired) electrons. The molecule has 6 nitrogen and oxygen atoms in total. The molecule has 0 saturated heterocycles. The minimum Gasteiger partial charge on any atom is -0.365 e. The number of hydrogen-bond acceptors (Lipinski definition) is 6. The Hall–Kier alpha value is -2.64. The summed E-state index contributed by atoms with van der Waals surface area (Å²) in [5, 5.41) is 3.57. The Morgan fingerprint density at radius 1 is 1.20 bits per heavy atom. The molecule has 2 aromatic heterocycles. The van der Waals surface area contributed by atoms with Crippen LogP contribution in [0.15, 0.2) is 53.9 Å². The number of thioether (sulfide) groups is 1. The van der Waals surface area contributed by atoms with Crippen molar-refractivity contribution in [2.75, 3.05) is 11.6 Å². The van der Waals surface area contributed by atoms with E-state index in [1.165, 1.54) is 11.8 Å². The van der Waals surface area contributed by atoms with Crippen molar-refractivity contribution in [2.24, 2.45) is 5.73 Å². The van der Waals surface area contributed by atoms with Crippen molar-refractivity contribution in [3.63, 3.8) is 0 Å². The Morgan fingerprint density at radius 3 is 2.64 bits per heavy atom. The van der Waals surface area contributed by atoms with Gasteiger partial charge in [-0.15, -0.1) is 0 Å². The molecule has 0 unspecified atom stereocenters. The number of nitrogens with two attached hydrogens (primary N) is 1. The fourth-order valence-electron chi connectivity index (χ4n) is 2.31. The van der Waals surface area contributed by atoms with E-state index in [0.29, 0.717) is 10.8 Å². The first kappa shape index (κ1) is 17.2. The van der Waals surface area contributed by atoms with Crippen LogP contribution >= 0.6 is 23.4 Å². The largest absolute Gasteiger partial charge is 0.365 e. The van der Waals surface area contributed by atoms with Gasteiger partial charge >= 0.3 is 0 Å². The molecule has 25 heavy (non-hydrogen) atoms. The summed E-state index contributed by atoms with van der Waals surface area (Å²) in [5.41, 5.74) is 8.07. The van der Waals surface area contributed by atoms with Gasteiger partial charge in [-0.25, -0.2) is 9.97 Å². The molecule has 1 aromatic carbocycles. The third-order valence-corrected chi connectivity index (χ3v) is 4.25. The number of aromatic nitrogens is 3. The zero-order valence-electron chi connectivity index (χ0n) is 13.2. The Bertz CT molecular complexity index is 920. The van der Waals surface area contributed by atoms with E-state index in [-0.39, 0.29) is 16.5 Å². The predicted molar refractivity (Wildman–Crippen MR) is 100 cm³/mol. The smallest absolute Gasteiger partial charge is 0.255 e. The van der Waals surface area contributed by atoms with Crippen molar-refractivity contribution < 1.29 is 4.79 Å². The van der Waals surface area contributed by atoms with Gasteiger partial charge in [-0.05, 0) is 17.9 Å². The number of amides is 1. The van der Waals surface area contributed by atoms with Crippen molar-refractivity contribution in [3.05, 3.63) is 59.5 Å². The van der Waals surface area contributed by atoms with Gasteiger partial charge in [0.05, 0.1) is 11.9 Å². The summed E-state index contributed by atoms with van der Waals surface area (Å²) < 4.78 is 0. The van der Waals surface area contributed by atoms with E-state index in [0.717, 1.165) is 11.1 Å². The van der Waals surface area contributed by atoms with Gasteiger partial charge in [0.25, 0.3) is 5.91 Å². The molecule has 0 aliphatic heterocycles. The summed E-state index contributed by atoms with van der Waals surface area (Å²) in [6.45, 7) is 0. The molecule has 0 atom stereocenters. The highest BCUT2D eigenvalue weighted by Gasteiger charge is 2.19. The number of anilines is 2. The van der Waals surface area contributed by atoms with Crippen LogP contribution in [0.25, 0.3) is 11.1 Å². The Labute approximate surface area is 153 Å². The molecule has 3 rings (SSSR count). The summed E-state index contributed by atoms with van der Waals surface area (Å²) in [5.74, 6) is -0.452. The van der Waals surface area contributed by atoms with Crippen LogP contribution in [0.1, 0.15) is 10.4 Å². The number of nitrogens with one attached hydrogen (secondary N) is 1. The fourth-order valence-corrected chi connectivity index (χ4v) is 2.98. The Balaban J connectivity index is 2.10. The zero-order chi connectivity index (χ0) is 17.8. The third-order valence-electron chi connectivity index (χ3n) is 3.43. The standard InChI is InChI=1S/C17H14ClN5OS/c1-25-17-22-14(18)13(15(19)24)16(23-17)21-12-9-20-8-7-11(12)10-5-3-2-4-6-10/h2-9H,1H3,(H2,19,24)(H,21,22,23). The number of carbonyl (C=O) groups is 1. The quantitative estimate of drug-likeness (QED) is 0.403. The number of pyridine rings is 1. The van der Waals surface area contributed by atoms with Gasteiger partial charge < -0.3 is 11.1 Å². The summed E-state index contributed by atoms with van der Waals surface area (Å²) in [6.07, 6.45) is 5.17. The van der Waals surface area contributed by atoms with E-state index in [4.69, 9.17) is 17.3 Å². The maximum Gasteiger partial charge on any atom is 0.255 e. The molecule has 126 valence electrons. The topological polar surface area (TPSA) is 93.8 Å². The fraction of sp³-hybridized carbons (Fsp3) is 0.0588. The molecule has 2 heterocycles. The maximum atomic E-state index is 11.8. The van der Waals surface area contributed by atoms with Crippen molar-refractivity contribution in [1.29, 1.82) is 0 Å². The Morgan fingerprint density at radius 2 is 1.96 bits per heavy atom. The summed E-state index contributed by atoms with van der Waals surface area (Å²) >= 11 is 7.42. The molecule has 0 bridgehead atoms.